The fraction of sp³-hybridized carbons (Fsp3) is 0.259. The van der Waals surface area contributed by atoms with Crippen LogP contribution in [0.25, 0.3) is 0 Å². The van der Waals surface area contributed by atoms with Crippen molar-refractivity contribution in [3.63, 3.8) is 0 Å². The van der Waals surface area contributed by atoms with Crippen LogP contribution in [0.3, 0.4) is 0 Å². The summed E-state index contributed by atoms with van der Waals surface area (Å²) in [5.74, 6) is 1.62. The van der Waals surface area contributed by atoms with Gasteiger partial charge < -0.3 is 14.8 Å². The Bertz CT molecular complexity index is 1380. The number of hydrogen-bond acceptors (Lipinski definition) is 6. The van der Waals surface area contributed by atoms with Crippen molar-refractivity contribution >= 4 is 40.7 Å². The first-order chi connectivity index (χ1) is 17.1. The van der Waals surface area contributed by atoms with Crippen LogP contribution in [0, 0.1) is 5.92 Å². The van der Waals surface area contributed by atoms with E-state index in [1.807, 2.05) is 30.3 Å². The highest BCUT2D eigenvalue weighted by Gasteiger charge is 2.69. The van der Waals surface area contributed by atoms with Crippen molar-refractivity contribution in [2.45, 2.75) is 17.5 Å². The van der Waals surface area contributed by atoms with Crippen molar-refractivity contribution in [1.29, 1.82) is 0 Å². The normalized spacial score (nSPS) is 28.3. The van der Waals surface area contributed by atoms with Gasteiger partial charge in [-0.15, -0.1) is 11.8 Å². The first-order valence-electron chi connectivity index (χ1n) is 11.5. The summed E-state index contributed by atoms with van der Waals surface area (Å²) in [7, 11) is 0. The molecule has 4 aliphatic heterocycles. The van der Waals surface area contributed by atoms with E-state index in [1.54, 1.807) is 36.0 Å². The molecule has 0 bridgehead atoms. The molecule has 0 unspecified atom stereocenters. The molecule has 4 atom stereocenters. The van der Waals surface area contributed by atoms with Gasteiger partial charge in [0.2, 0.25) is 12.7 Å². The number of fused-ring (bicyclic) bond motifs is 5. The van der Waals surface area contributed by atoms with Gasteiger partial charge in [0.15, 0.2) is 17.3 Å². The summed E-state index contributed by atoms with van der Waals surface area (Å²) < 4.78 is 11.0. The minimum absolute atomic E-state index is 0.0287. The number of nitrogens with zero attached hydrogens (tertiary/aromatic N) is 1. The van der Waals surface area contributed by atoms with Crippen LogP contribution in [0.4, 0.5) is 5.69 Å². The lowest BCUT2D eigenvalue weighted by atomic mass is 9.69. The number of amides is 1. The molecule has 6 nitrogen and oxygen atoms in total. The highest BCUT2D eigenvalue weighted by atomic mass is 35.5. The number of benzene rings is 3. The number of rotatable bonds is 3. The van der Waals surface area contributed by atoms with Crippen LogP contribution in [0.5, 0.6) is 11.5 Å². The van der Waals surface area contributed by atoms with Gasteiger partial charge in [-0.25, -0.2) is 0 Å². The Labute approximate surface area is 211 Å². The number of Topliss-reactive ketones (excluding diaryl/α,β-unsaturated/α-hetero) is 1. The Balaban J connectivity index is 1.47. The maximum atomic E-state index is 14.5. The molecule has 0 saturated carbocycles. The van der Waals surface area contributed by atoms with E-state index in [9.17, 15) is 9.59 Å². The number of ether oxygens (including phenoxy) is 2. The molecule has 4 aliphatic rings. The number of nitrogens with one attached hydrogen (secondary N) is 1. The number of hydrogen-bond donors (Lipinski definition) is 1. The molecule has 8 heteroatoms. The second kappa shape index (κ2) is 7.75. The predicted molar refractivity (Wildman–Crippen MR) is 134 cm³/mol. The van der Waals surface area contributed by atoms with Crippen LogP contribution < -0.4 is 14.8 Å². The minimum Gasteiger partial charge on any atom is -0.454 e. The Kier molecular flexibility index (Phi) is 4.72. The van der Waals surface area contributed by atoms with Crippen molar-refractivity contribution in [2.24, 2.45) is 5.92 Å². The first kappa shape index (κ1) is 21.3. The van der Waals surface area contributed by atoms with Crippen molar-refractivity contribution in [3.05, 3.63) is 88.4 Å². The van der Waals surface area contributed by atoms with Crippen LogP contribution in [0.15, 0.2) is 66.7 Å². The third-order valence-corrected chi connectivity index (χ3v) is 8.98. The average molecular weight is 505 g/mol. The molecule has 35 heavy (non-hydrogen) atoms. The van der Waals surface area contributed by atoms with Gasteiger partial charge in [-0.3, -0.25) is 14.5 Å². The van der Waals surface area contributed by atoms with E-state index < -0.39 is 11.5 Å². The Morgan fingerprint density at radius 1 is 1.06 bits per heavy atom. The molecule has 176 valence electrons. The maximum Gasteiger partial charge on any atom is 0.250 e. The number of ketones is 1. The standard InChI is InChI=1S/C27H21ClN2O4S/c28-17-7-8-19-18(11-17)27(26(32)29-19)24(25(31)16-6-9-21-22(10-16)34-14-33-21)23(15-4-2-1-3-5-15)20-12-35-13-30(20)27/h1-11,20,23-24H,12-14H2,(H,29,32)/t20-,23-,24+,27-/m1/s1. The van der Waals surface area contributed by atoms with Crippen molar-refractivity contribution in [1.82, 2.24) is 4.90 Å². The van der Waals surface area contributed by atoms with Gasteiger partial charge in [0, 0.05) is 45.4 Å². The highest BCUT2D eigenvalue weighted by molar-refractivity contribution is 7.99. The van der Waals surface area contributed by atoms with Gasteiger partial charge in [0.25, 0.3) is 0 Å². The van der Waals surface area contributed by atoms with Gasteiger partial charge in [0.05, 0.1) is 5.92 Å². The highest BCUT2D eigenvalue weighted by Crippen LogP contribution is 2.61. The number of carbonyl (C=O) groups is 2. The molecular weight excluding hydrogens is 484 g/mol. The van der Waals surface area contributed by atoms with Crippen molar-refractivity contribution < 1.29 is 19.1 Å². The average Bonchev–Trinajstić information content (AvgIpc) is 3.63. The molecule has 7 rings (SSSR count). The molecule has 0 radical (unpaired) electrons. The fourth-order valence-corrected chi connectivity index (χ4v) is 7.82. The van der Waals surface area contributed by atoms with E-state index in [2.05, 4.69) is 22.3 Å². The van der Waals surface area contributed by atoms with Gasteiger partial charge in [-0.05, 0) is 42.0 Å². The summed E-state index contributed by atoms with van der Waals surface area (Å²) in [4.78, 5) is 30.8. The molecule has 2 saturated heterocycles. The number of anilines is 1. The molecule has 1 amide bonds. The Morgan fingerprint density at radius 2 is 1.89 bits per heavy atom. The van der Waals surface area contributed by atoms with E-state index in [4.69, 9.17) is 21.1 Å². The van der Waals surface area contributed by atoms with Crippen molar-refractivity contribution in [3.8, 4) is 11.5 Å². The topological polar surface area (TPSA) is 67.9 Å². The Hall–Kier alpha value is -3.00. The molecule has 0 aliphatic carbocycles. The zero-order chi connectivity index (χ0) is 23.7. The Morgan fingerprint density at radius 3 is 2.74 bits per heavy atom. The number of thioether (sulfide) groups is 1. The quantitative estimate of drug-likeness (QED) is 0.512. The summed E-state index contributed by atoms with van der Waals surface area (Å²) >= 11 is 8.26. The van der Waals surface area contributed by atoms with Crippen LogP contribution in [0.1, 0.15) is 27.4 Å². The molecule has 1 spiro atoms. The molecule has 3 aromatic rings. The zero-order valence-corrected chi connectivity index (χ0v) is 20.1. The summed E-state index contributed by atoms with van der Waals surface area (Å²) in [5.41, 5.74) is 1.91. The molecule has 0 aromatic heterocycles. The monoisotopic (exact) mass is 504 g/mol. The number of carbonyl (C=O) groups excluding carboxylic acids is 2. The lowest BCUT2D eigenvalue weighted by Crippen LogP contribution is -2.52. The maximum absolute atomic E-state index is 14.5. The predicted octanol–water partition coefficient (Wildman–Crippen LogP) is 4.89. The molecule has 1 N–H and O–H groups in total. The van der Waals surface area contributed by atoms with Crippen LogP contribution >= 0.6 is 23.4 Å². The first-order valence-corrected chi connectivity index (χ1v) is 13.1. The van der Waals surface area contributed by atoms with E-state index >= 15 is 0 Å². The largest absolute Gasteiger partial charge is 0.454 e. The van der Waals surface area contributed by atoms with E-state index in [0.29, 0.717) is 33.6 Å². The molecular formula is C27H21ClN2O4S. The summed E-state index contributed by atoms with van der Waals surface area (Å²) in [6.07, 6.45) is 0. The zero-order valence-electron chi connectivity index (χ0n) is 18.6. The van der Waals surface area contributed by atoms with Gasteiger partial charge in [-0.1, -0.05) is 41.9 Å². The van der Waals surface area contributed by atoms with E-state index in [0.717, 1.165) is 16.9 Å². The second-order valence-electron chi connectivity index (χ2n) is 9.29. The lowest BCUT2D eigenvalue weighted by Gasteiger charge is -2.36. The summed E-state index contributed by atoms with van der Waals surface area (Å²) in [5, 5.41) is 3.62. The van der Waals surface area contributed by atoms with Crippen LogP contribution in [0.2, 0.25) is 5.02 Å². The number of halogens is 1. The van der Waals surface area contributed by atoms with Crippen LogP contribution in [-0.2, 0) is 10.3 Å². The van der Waals surface area contributed by atoms with Gasteiger partial charge in [-0.2, -0.15) is 0 Å². The summed E-state index contributed by atoms with van der Waals surface area (Å²) in [6.45, 7) is 0.133. The van der Waals surface area contributed by atoms with E-state index in [1.165, 1.54) is 0 Å². The van der Waals surface area contributed by atoms with Crippen molar-refractivity contribution in [2.75, 3.05) is 23.7 Å². The van der Waals surface area contributed by atoms with Crippen LogP contribution in [-0.4, -0.2) is 41.1 Å². The lowest BCUT2D eigenvalue weighted by molar-refractivity contribution is -0.127. The molecule has 2 fully saturated rings. The fourth-order valence-electron chi connectivity index (χ4n) is 6.33. The third-order valence-electron chi connectivity index (χ3n) is 7.71. The minimum atomic E-state index is -1.15. The van der Waals surface area contributed by atoms with Gasteiger partial charge >= 0.3 is 0 Å². The van der Waals surface area contributed by atoms with Gasteiger partial charge in [0.1, 0.15) is 5.54 Å². The SMILES string of the molecule is O=C(c1ccc2c(c1)OCO2)[C@@H]1[C@H](c2ccccc2)[C@H]2CSCN2[C@@]12C(=O)Nc1ccc(Cl)cc12. The smallest absolute Gasteiger partial charge is 0.250 e. The molecule has 4 heterocycles. The summed E-state index contributed by atoms with van der Waals surface area (Å²) in [6, 6.07) is 20.9. The van der Waals surface area contributed by atoms with E-state index in [-0.39, 0.29) is 30.4 Å². The molecule has 3 aromatic carbocycles. The second-order valence-corrected chi connectivity index (χ2v) is 10.7. The third kappa shape index (κ3) is 2.89.